The quantitative estimate of drug-likeness (QED) is 0.785. The number of aryl methyl sites for hydroxylation is 2. The third-order valence-corrected chi connectivity index (χ3v) is 3.54. The molecule has 0 heterocycles. The lowest BCUT2D eigenvalue weighted by atomic mass is 9.97. The summed E-state index contributed by atoms with van der Waals surface area (Å²) in [5.41, 5.74) is 5.31. The van der Waals surface area contributed by atoms with Crippen LogP contribution in [-0.4, -0.2) is 19.9 Å². The van der Waals surface area contributed by atoms with E-state index >= 15 is 0 Å². The van der Waals surface area contributed by atoms with Crippen molar-refractivity contribution >= 4 is 11.5 Å². The molecule has 0 unspecified atom stereocenters. The van der Waals surface area contributed by atoms with E-state index in [0.717, 1.165) is 16.8 Å². The van der Waals surface area contributed by atoms with E-state index in [0.29, 0.717) is 6.42 Å². The van der Waals surface area contributed by atoms with Crippen LogP contribution in [0.15, 0.2) is 42.5 Å². The van der Waals surface area contributed by atoms with Gasteiger partial charge in [-0.05, 0) is 37.1 Å². The van der Waals surface area contributed by atoms with E-state index in [9.17, 15) is 4.79 Å². The molecule has 0 atom stereocenters. The van der Waals surface area contributed by atoms with Crippen molar-refractivity contribution in [3.63, 3.8) is 0 Å². The van der Waals surface area contributed by atoms with Crippen molar-refractivity contribution in [1.29, 1.82) is 0 Å². The fourth-order valence-electron chi connectivity index (χ4n) is 2.22. The van der Waals surface area contributed by atoms with E-state index in [1.165, 1.54) is 11.1 Å². The van der Waals surface area contributed by atoms with Gasteiger partial charge in [-0.1, -0.05) is 35.9 Å². The van der Waals surface area contributed by atoms with Crippen LogP contribution >= 0.6 is 0 Å². The number of rotatable bonds is 4. The van der Waals surface area contributed by atoms with Gasteiger partial charge in [0.2, 0.25) is 0 Å². The fraction of sp³-hybridized carbons (Fsp3) is 0.278. The van der Waals surface area contributed by atoms with Gasteiger partial charge < -0.3 is 4.90 Å². The van der Waals surface area contributed by atoms with E-state index in [1.807, 2.05) is 43.3 Å². The number of hydrogen-bond donors (Lipinski definition) is 0. The van der Waals surface area contributed by atoms with Gasteiger partial charge in [-0.25, -0.2) is 0 Å². The van der Waals surface area contributed by atoms with Crippen LogP contribution in [0.5, 0.6) is 0 Å². The molecule has 0 radical (unpaired) electrons. The maximum atomic E-state index is 12.4. The van der Waals surface area contributed by atoms with Gasteiger partial charge in [0.05, 0.1) is 0 Å². The largest absolute Gasteiger partial charge is 0.378 e. The number of benzene rings is 2. The molecule has 104 valence electrons. The number of hydrogen-bond acceptors (Lipinski definition) is 2. The molecule has 0 amide bonds. The van der Waals surface area contributed by atoms with Gasteiger partial charge in [0.1, 0.15) is 0 Å². The Hall–Kier alpha value is -2.09. The zero-order valence-corrected chi connectivity index (χ0v) is 12.6. The summed E-state index contributed by atoms with van der Waals surface area (Å²) in [6.45, 7) is 4.11. The Morgan fingerprint density at radius 3 is 2.50 bits per heavy atom. The lowest BCUT2D eigenvalue weighted by molar-refractivity contribution is 0.0993. The van der Waals surface area contributed by atoms with Gasteiger partial charge >= 0.3 is 0 Å². The second-order valence-electron chi connectivity index (χ2n) is 5.47. The Morgan fingerprint density at radius 1 is 1.05 bits per heavy atom. The smallest absolute Gasteiger partial charge is 0.167 e. The summed E-state index contributed by atoms with van der Waals surface area (Å²) in [6.07, 6.45) is 0.463. The van der Waals surface area contributed by atoms with Gasteiger partial charge in [0.25, 0.3) is 0 Å². The third-order valence-electron chi connectivity index (χ3n) is 3.54. The summed E-state index contributed by atoms with van der Waals surface area (Å²) in [4.78, 5) is 14.4. The average molecular weight is 267 g/mol. The maximum Gasteiger partial charge on any atom is 0.167 e. The number of Topliss-reactive ketones (excluding diaryl/α,β-unsaturated/α-hetero) is 1. The molecule has 2 rings (SSSR count). The molecule has 0 aromatic heterocycles. The lowest BCUT2D eigenvalue weighted by Crippen LogP contribution is -2.10. The van der Waals surface area contributed by atoms with E-state index in [-0.39, 0.29) is 5.78 Å². The molecule has 0 aliphatic carbocycles. The first-order valence-electron chi connectivity index (χ1n) is 6.84. The van der Waals surface area contributed by atoms with Crippen LogP contribution in [0.4, 0.5) is 5.69 Å². The second kappa shape index (κ2) is 5.91. The van der Waals surface area contributed by atoms with E-state index < -0.39 is 0 Å². The zero-order valence-electron chi connectivity index (χ0n) is 12.6. The van der Waals surface area contributed by atoms with E-state index in [2.05, 4.69) is 32.0 Å². The van der Waals surface area contributed by atoms with Crippen molar-refractivity contribution in [2.75, 3.05) is 19.0 Å². The summed E-state index contributed by atoms with van der Waals surface area (Å²) < 4.78 is 0. The molecule has 0 bridgehead atoms. The van der Waals surface area contributed by atoms with Crippen LogP contribution in [0.3, 0.4) is 0 Å². The second-order valence-corrected chi connectivity index (χ2v) is 5.47. The molecular formula is C18H21NO. The van der Waals surface area contributed by atoms with E-state index in [4.69, 9.17) is 0 Å². The van der Waals surface area contributed by atoms with Crippen LogP contribution in [0.1, 0.15) is 27.0 Å². The molecule has 0 saturated heterocycles. The zero-order chi connectivity index (χ0) is 14.7. The predicted molar refractivity (Wildman–Crippen MR) is 84.7 cm³/mol. The summed E-state index contributed by atoms with van der Waals surface area (Å²) in [5.74, 6) is 0.169. The molecular weight excluding hydrogens is 246 g/mol. The van der Waals surface area contributed by atoms with Crippen molar-refractivity contribution in [2.24, 2.45) is 0 Å². The molecule has 0 N–H and O–H groups in total. The Kier molecular flexibility index (Phi) is 4.23. The molecule has 2 heteroatoms. The lowest BCUT2D eigenvalue weighted by Gasteiger charge is -2.13. The first-order chi connectivity index (χ1) is 9.47. The summed E-state index contributed by atoms with van der Waals surface area (Å²) in [6, 6.07) is 14.0. The summed E-state index contributed by atoms with van der Waals surface area (Å²) in [7, 11) is 3.96. The van der Waals surface area contributed by atoms with Crippen LogP contribution in [0, 0.1) is 13.8 Å². The fourth-order valence-corrected chi connectivity index (χ4v) is 2.22. The van der Waals surface area contributed by atoms with Crippen molar-refractivity contribution < 1.29 is 4.79 Å². The molecule has 2 aromatic rings. The molecule has 20 heavy (non-hydrogen) atoms. The van der Waals surface area contributed by atoms with Crippen molar-refractivity contribution in [3.05, 3.63) is 64.7 Å². The summed E-state index contributed by atoms with van der Waals surface area (Å²) in [5, 5.41) is 0. The Bertz CT molecular complexity index is 629. The van der Waals surface area contributed by atoms with Crippen molar-refractivity contribution in [2.45, 2.75) is 20.3 Å². The van der Waals surface area contributed by atoms with Gasteiger partial charge in [0.15, 0.2) is 5.78 Å². The van der Waals surface area contributed by atoms with Gasteiger partial charge in [-0.15, -0.1) is 0 Å². The third kappa shape index (κ3) is 3.27. The van der Waals surface area contributed by atoms with Crippen LogP contribution in [0.2, 0.25) is 0 Å². The van der Waals surface area contributed by atoms with Crippen molar-refractivity contribution in [3.8, 4) is 0 Å². The van der Waals surface area contributed by atoms with Crippen LogP contribution in [0.25, 0.3) is 0 Å². The van der Waals surface area contributed by atoms with Crippen molar-refractivity contribution in [1.82, 2.24) is 0 Å². The molecule has 0 saturated carbocycles. The normalized spacial score (nSPS) is 10.4. The molecule has 0 fully saturated rings. The van der Waals surface area contributed by atoms with Gasteiger partial charge in [-0.3, -0.25) is 4.79 Å². The molecule has 0 aliphatic heterocycles. The SMILES string of the molecule is Cc1ccc(C)c(CC(=O)c2cccc(N(C)C)c2)c1. The van der Waals surface area contributed by atoms with E-state index in [1.54, 1.807) is 0 Å². The highest BCUT2D eigenvalue weighted by molar-refractivity contribution is 5.98. The topological polar surface area (TPSA) is 20.3 Å². The molecule has 0 spiro atoms. The number of carbonyl (C=O) groups is 1. The predicted octanol–water partition coefficient (Wildman–Crippen LogP) is 3.79. The van der Waals surface area contributed by atoms with Gasteiger partial charge in [0, 0.05) is 31.8 Å². The number of anilines is 1. The standard InChI is InChI=1S/C18H21NO/c1-13-8-9-14(2)16(10-13)12-18(20)15-6-5-7-17(11-15)19(3)4/h5-11H,12H2,1-4H3. The highest BCUT2D eigenvalue weighted by atomic mass is 16.1. The van der Waals surface area contributed by atoms with Crippen LogP contribution in [-0.2, 0) is 6.42 Å². The first-order valence-corrected chi connectivity index (χ1v) is 6.84. The Morgan fingerprint density at radius 2 is 1.80 bits per heavy atom. The highest BCUT2D eigenvalue weighted by Gasteiger charge is 2.10. The molecule has 2 nitrogen and oxygen atoms in total. The number of ketones is 1. The minimum Gasteiger partial charge on any atom is -0.378 e. The first kappa shape index (κ1) is 14.3. The minimum absolute atomic E-state index is 0.169. The summed E-state index contributed by atoms with van der Waals surface area (Å²) >= 11 is 0. The Labute approximate surface area is 121 Å². The average Bonchev–Trinajstić information content (AvgIpc) is 2.43. The molecule has 0 aliphatic rings. The number of carbonyl (C=O) groups excluding carboxylic acids is 1. The Balaban J connectivity index is 2.24. The monoisotopic (exact) mass is 267 g/mol. The van der Waals surface area contributed by atoms with Crippen LogP contribution < -0.4 is 4.90 Å². The van der Waals surface area contributed by atoms with Gasteiger partial charge in [-0.2, -0.15) is 0 Å². The molecule has 2 aromatic carbocycles. The minimum atomic E-state index is 0.169. The maximum absolute atomic E-state index is 12.4. The number of nitrogens with zero attached hydrogens (tertiary/aromatic N) is 1. The highest BCUT2D eigenvalue weighted by Crippen LogP contribution is 2.17.